The summed E-state index contributed by atoms with van der Waals surface area (Å²) in [6, 6.07) is 24.4. The van der Waals surface area contributed by atoms with E-state index in [0.29, 0.717) is 6.61 Å². The zero-order valence-corrected chi connectivity index (χ0v) is 17.9. The molecule has 0 aliphatic rings. The molecule has 4 rings (SSSR count). The third-order valence-electron chi connectivity index (χ3n) is 4.84. The molecule has 0 aliphatic carbocycles. The second kappa shape index (κ2) is 9.14. The molecule has 0 fully saturated rings. The fraction of sp³-hybridized carbons (Fsp3) is 0.208. The van der Waals surface area contributed by atoms with E-state index >= 15 is 0 Å². The fourth-order valence-electron chi connectivity index (χ4n) is 3.37. The second-order valence-corrected chi connectivity index (χ2v) is 7.73. The van der Waals surface area contributed by atoms with Gasteiger partial charge in [0.2, 0.25) is 0 Å². The zero-order valence-electron chi connectivity index (χ0n) is 16.3. The van der Waals surface area contributed by atoms with Crippen molar-refractivity contribution in [2.24, 2.45) is 0 Å². The fourth-order valence-corrected chi connectivity index (χ4v) is 3.64. The SMILES string of the molecule is COc1cccc(OCCCCn2c(-c3ccc(Br)cc3)nc3ccccc32)c1. The predicted octanol–water partition coefficient (Wildman–Crippen LogP) is 6.33. The van der Waals surface area contributed by atoms with E-state index in [2.05, 4.69) is 63.0 Å². The summed E-state index contributed by atoms with van der Waals surface area (Å²) in [4.78, 5) is 4.88. The van der Waals surface area contributed by atoms with Gasteiger partial charge in [-0.05, 0) is 49.2 Å². The summed E-state index contributed by atoms with van der Waals surface area (Å²) >= 11 is 3.51. The third-order valence-corrected chi connectivity index (χ3v) is 5.37. The van der Waals surface area contributed by atoms with Gasteiger partial charge in [-0.25, -0.2) is 4.98 Å². The first kappa shape index (κ1) is 19.5. The number of methoxy groups -OCH3 is 1. The van der Waals surface area contributed by atoms with Crippen LogP contribution in [0.2, 0.25) is 0 Å². The molecule has 0 unspecified atom stereocenters. The lowest BCUT2D eigenvalue weighted by atomic mass is 10.2. The molecule has 5 heteroatoms. The minimum atomic E-state index is 0.674. The number of benzene rings is 3. The molecule has 3 aromatic carbocycles. The molecule has 148 valence electrons. The summed E-state index contributed by atoms with van der Waals surface area (Å²) in [6.45, 7) is 1.57. The van der Waals surface area contributed by atoms with Gasteiger partial charge in [0.1, 0.15) is 17.3 Å². The van der Waals surface area contributed by atoms with Crippen LogP contribution in [0.25, 0.3) is 22.4 Å². The highest BCUT2D eigenvalue weighted by Gasteiger charge is 2.12. The summed E-state index contributed by atoms with van der Waals surface area (Å²) in [5, 5.41) is 0. The van der Waals surface area contributed by atoms with Crippen molar-refractivity contribution >= 4 is 27.0 Å². The van der Waals surface area contributed by atoms with Crippen molar-refractivity contribution in [3.63, 3.8) is 0 Å². The van der Waals surface area contributed by atoms with Crippen LogP contribution in [0, 0.1) is 0 Å². The van der Waals surface area contributed by atoms with Gasteiger partial charge in [-0.15, -0.1) is 0 Å². The van der Waals surface area contributed by atoms with E-state index < -0.39 is 0 Å². The van der Waals surface area contributed by atoms with Crippen molar-refractivity contribution in [3.05, 3.63) is 77.3 Å². The number of hydrogen-bond acceptors (Lipinski definition) is 3. The van der Waals surface area contributed by atoms with Crippen molar-refractivity contribution in [2.45, 2.75) is 19.4 Å². The number of aromatic nitrogens is 2. The summed E-state index contributed by atoms with van der Waals surface area (Å²) in [5.74, 6) is 2.66. The van der Waals surface area contributed by atoms with E-state index in [9.17, 15) is 0 Å². The Morgan fingerprint density at radius 1 is 0.897 bits per heavy atom. The van der Waals surface area contributed by atoms with E-state index in [1.165, 1.54) is 5.52 Å². The van der Waals surface area contributed by atoms with Crippen LogP contribution in [0.4, 0.5) is 0 Å². The summed E-state index contributed by atoms with van der Waals surface area (Å²) in [6.07, 6.45) is 1.97. The molecule has 0 N–H and O–H groups in total. The van der Waals surface area contributed by atoms with Gasteiger partial charge in [0.05, 0.1) is 24.8 Å². The Morgan fingerprint density at radius 3 is 2.52 bits per heavy atom. The summed E-state index contributed by atoms with van der Waals surface area (Å²) in [7, 11) is 1.66. The Hall–Kier alpha value is -2.79. The Morgan fingerprint density at radius 2 is 1.69 bits per heavy atom. The standard InChI is InChI=1S/C24H23BrN2O2/c1-28-20-7-6-8-21(17-20)29-16-5-4-15-27-23-10-3-2-9-22(23)26-24(27)18-11-13-19(25)14-12-18/h2-3,6-14,17H,4-5,15-16H2,1H3. The van der Waals surface area contributed by atoms with Gasteiger partial charge in [0.25, 0.3) is 0 Å². The summed E-state index contributed by atoms with van der Waals surface area (Å²) in [5.41, 5.74) is 3.31. The molecule has 0 saturated carbocycles. The van der Waals surface area contributed by atoms with Crippen LogP contribution in [0.15, 0.2) is 77.3 Å². The molecule has 0 radical (unpaired) electrons. The third kappa shape index (κ3) is 4.62. The number of ether oxygens (including phenoxy) is 2. The molecule has 1 aromatic heterocycles. The van der Waals surface area contributed by atoms with Gasteiger partial charge in [-0.3, -0.25) is 0 Å². The maximum absolute atomic E-state index is 5.87. The van der Waals surface area contributed by atoms with Crippen LogP contribution in [0.5, 0.6) is 11.5 Å². The van der Waals surface area contributed by atoms with E-state index in [1.807, 2.05) is 30.3 Å². The number of rotatable bonds is 8. The molecule has 4 nitrogen and oxygen atoms in total. The Bertz CT molecular complexity index is 1090. The van der Waals surface area contributed by atoms with Gasteiger partial charge in [0, 0.05) is 22.6 Å². The largest absolute Gasteiger partial charge is 0.497 e. The number of nitrogens with zero attached hydrogens (tertiary/aromatic N) is 2. The molecular formula is C24H23BrN2O2. The first-order valence-electron chi connectivity index (χ1n) is 9.72. The van der Waals surface area contributed by atoms with Crippen molar-refractivity contribution in [2.75, 3.05) is 13.7 Å². The average molecular weight is 451 g/mol. The first-order chi connectivity index (χ1) is 14.2. The number of unbranched alkanes of at least 4 members (excludes halogenated alkanes) is 1. The van der Waals surface area contributed by atoms with Crippen LogP contribution < -0.4 is 9.47 Å². The van der Waals surface area contributed by atoms with Gasteiger partial charge < -0.3 is 14.0 Å². The lowest BCUT2D eigenvalue weighted by Crippen LogP contribution is -2.04. The van der Waals surface area contributed by atoms with Crippen LogP contribution in [0.3, 0.4) is 0 Å². The highest BCUT2D eigenvalue weighted by Crippen LogP contribution is 2.26. The van der Waals surface area contributed by atoms with Crippen molar-refractivity contribution in [1.29, 1.82) is 0 Å². The maximum atomic E-state index is 5.87. The van der Waals surface area contributed by atoms with Crippen LogP contribution in [-0.2, 0) is 6.54 Å². The number of hydrogen-bond donors (Lipinski definition) is 0. The van der Waals surface area contributed by atoms with E-state index in [4.69, 9.17) is 14.5 Å². The zero-order chi connectivity index (χ0) is 20.1. The Kier molecular flexibility index (Phi) is 6.15. The number of aryl methyl sites for hydroxylation is 1. The minimum Gasteiger partial charge on any atom is -0.497 e. The predicted molar refractivity (Wildman–Crippen MR) is 121 cm³/mol. The van der Waals surface area contributed by atoms with E-state index in [0.717, 1.165) is 52.3 Å². The molecule has 29 heavy (non-hydrogen) atoms. The molecule has 0 bridgehead atoms. The highest BCUT2D eigenvalue weighted by molar-refractivity contribution is 9.10. The molecule has 0 saturated heterocycles. The minimum absolute atomic E-state index is 0.674. The molecule has 0 spiro atoms. The van der Waals surface area contributed by atoms with Crippen molar-refractivity contribution < 1.29 is 9.47 Å². The van der Waals surface area contributed by atoms with Crippen LogP contribution in [0.1, 0.15) is 12.8 Å². The molecule has 4 aromatic rings. The normalized spacial score (nSPS) is 11.0. The second-order valence-electron chi connectivity index (χ2n) is 6.82. The lowest BCUT2D eigenvalue weighted by Gasteiger charge is -2.11. The van der Waals surface area contributed by atoms with Gasteiger partial charge >= 0.3 is 0 Å². The number of halogens is 1. The Balaban J connectivity index is 1.44. The highest BCUT2D eigenvalue weighted by atomic mass is 79.9. The monoisotopic (exact) mass is 450 g/mol. The molecule has 0 atom stereocenters. The topological polar surface area (TPSA) is 36.3 Å². The van der Waals surface area contributed by atoms with E-state index in [1.54, 1.807) is 7.11 Å². The Labute approximate surface area is 179 Å². The smallest absolute Gasteiger partial charge is 0.141 e. The number of para-hydroxylation sites is 2. The molecular weight excluding hydrogens is 428 g/mol. The van der Waals surface area contributed by atoms with Gasteiger partial charge in [0.15, 0.2) is 0 Å². The average Bonchev–Trinajstić information content (AvgIpc) is 3.13. The van der Waals surface area contributed by atoms with Crippen LogP contribution in [-0.4, -0.2) is 23.3 Å². The number of imidazole rings is 1. The van der Waals surface area contributed by atoms with E-state index in [-0.39, 0.29) is 0 Å². The van der Waals surface area contributed by atoms with Gasteiger partial charge in [-0.2, -0.15) is 0 Å². The lowest BCUT2D eigenvalue weighted by molar-refractivity contribution is 0.301. The van der Waals surface area contributed by atoms with Crippen molar-refractivity contribution in [3.8, 4) is 22.9 Å². The molecule has 0 aliphatic heterocycles. The van der Waals surface area contributed by atoms with Crippen molar-refractivity contribution in [1.82, 2.24) is 9.55 Å². The molecule has 1 heterocycles. The van der Waals surface area contributed by atoms with Gasteiger partial charge in [-0.1, -0.05) is 46.3 Å². The molecule has 0 amide bonds. The number of fused-ring (bicyclic) bond motifs is 1. The summed E-state index contributed by atoms with van der Waals surface area (Å²) < 4.78 is 14.5. The maximum Gasteiger partial charge on any atom is 0.141 e. The first-order valence-corrected chi connectivity index (χ1v) is 10.5. The quantitative estimate of drug-likeness (QED) is 0.294. The van der Waals surface area contributed by atoms with Crippen LogP contribution >= 0.6 is 15.9 Å².